The predicted molar refractivity (Wildman–Crippen MR) is 47.6 cm³/mol. The van der Waals surface area contributed by atoms with E-state index in [0.717, 1.165) is 0 Å². The van der Waals surface area contributed by atoms with Gasteiger partial charge in [-0.1, -0.05) is 0 Å². The molecule has 0 aromatic rings. The Kier molecular flexibility index (Phi) is 4.85. The molecule has 0 aliphatic carbocycles. The lowest BCUT2D eigenvalue weighted by atomic mass is 10.0. The second-order valence-electron chi connectivity index (χ2n) is 3.44. The van der Waals surface area contributed by atoms with Gasteiger partial charge in [0.15, 0.2) is 0 Å². The van der Waals surface area contributed by atoms with E-state index in [1.807, 2.05) is 13.8 Å². The maximum Gasteiger partial charge on any atom is 0.221 e. The quantitative estimate of drug-likeness (QED) is 0.531. The minimum atomic E-state index is -0.332. The van der Waals surface area contributed by atoms with Crippen LogP contribution in [0.25, 0.3) is 0 Å². The van der Waals surface area contributed by atoms with Crippen LogP contribution in [-0.2, 0) is 4.79 Å². The fraction of sp³-hybridized carbons (Fsp3) is 0.875. The lowest BCUT2D eigenvalue weighted by Crippen LogP contribution is -2.44. The van der Waals surface area contributed by atoms with Crippen molar-refractivity contribution in [2.24, 2.45) is 5.73 Å². The molecular weight excluding hydrogens is 156 g/mol. The Morgan fingerprint density at radius 2 is 2.17 bits per heavy atom. The first kappa shape index (κ1) is 11.4. The lowest BCUT2D eigenvalue weighted by molar-refractivity contribution is -0.122. The van der Waals surface area contributed by atoms with E-state index in [1.54, 1.807) is 0 Å². The minimum absolute atomic E-state index is 0.0593. The maximum atomic E-state index is 11.1. The van der Waals surface area contributed by atoms with Gasteiger partial charge in [-0.25, -0.2) is 0 Å². The van der Waals surface area contributed by atoms with Gasteiger partial charge in [-0.2, -0.15) is 0 Å². The normalized spacial score (nSPS) is 11.3. The smallest absolute Gasteiger partial charge is 0.221 e. The summed E-state index contributed by atoms with van der Waals surface area (Å²) in [4.78, 5) is 11.1. The minimum Gasteiger partial charge on any atom is -0.396 e. The van der Waals surface area contributed by atoms with E-state index in [4.69, 9.17) is 10.8 Å². The number of aliphatic hydroxyl groups excluding tert-OH is 1. The number of nitrogens with two attached hydrogens (primary N) is 1. The summed E-state index contributed by atoms with van der Waals surface area (Å²) >= 11 is 0. The van der Waals surface area contributed by atoms with Gasteiger partial charge in [0.25, 0.3) is 0 Å². The van der Waals surface area contributed by atoms with E-state index in [0.29, 0.717) is 19.4 Å². The Labute approximate surface area is 73.1 Å². The third-order valence-corrected chi connectivity index (χ3v) is 1.59. The molecule has 0 heterocycles. The largest absolute Gasteiger partial charge is 0.396 e. The zero-order valence-electron chi connectivity index (χ0n) is 7.76. The molecule has 4 heteroatoms. The first-order chi connectivity index (χ1) is 5.52. The molecule has 0 saturated heterocycles. The molecule has 1 amide bonds. The fourth-order valence-corrected chi connectivity index (χ4v) is 0.913. The van der Waals surface area contributed by atoms with Crippen LogP contribution < -0.4 is 11.1 Å². The number of rotatable bonds is 5. The van der Waals surface area contributed by atoms with Crippen molar-refractivity contribution in [1.82, 2.24) is 5.32 Å². The summed E-state index contributed by atoms with van der Waals surface area (Å²) in [5, 5.41) is 11.4. The van der Waals surface area contributed by atoms with Crippen LogP contribution in [0.3, 0.4) is 0 Å². The van der Waals surface area contributed by atoms with Gasteiger partial charge in [0.1, 0.15) is 0 Å². The molecule has 12 heavy (non-hydrogen) atoms. The highest BCUT2D eigenvalue weighted by Gasteiger charge is 2.18. The van der Waals surface area contributed by atoms with Gasteiger partial charge in [0.2, 0.25) is 5.91 Å². The summed E-state index contributed by atoms with van der Waals surface area (Å²) in [6.07, 6.45) is 0.901. The van der Waals surface area contributed by atoms with E-state index in [-0.39, 0.29) is 18.1 Å². The standard InChI is InChI=1S/C8H18N2O2/c1-8(2,4-6-11)10-7(12)3-5-9/h11H,3-6,9H2,1-2H3,(H,10,12). The van der Waals surface area contributed by atoms with Crippen LogP contribution >= 0.6 is 0 Å². The average molecular weight is 174 g/mol. The number of carbonyl (C=O) groups excluding carboxylic acids is 1. The predicted octanol–water partition coefficient (Wildman–Crippen LogP) is -0.388. The van der Waals surface area contributed by atoms with Crippen LogP contribution in [0, 0.1) is 0 Å². The number of hydrogen-bond acceptors (Lipinski definition) is 3. The van der Waals surface area contributed by atoms with Crippen molar-refractivity contribution in [3.8, 4) is 0 Å². The number of hydrogen-bond donors (Lipinski definition) is 3. The van der Waals surface area contributed by atoms with Crippen molar-refractivity contribution in [3.05, 3.63) is 0 Å². The van der Waals surface area contributed by atoms with Crippen molar-refractivity contribution in [3.63, 3.8) is 0 Å². The second-order valence-corrected chi connectivity index (χ2v) is 3.44. The fourth-order valence-electron chi connectivity index (χ4n) is 0.913. The van der Waals surface area contributed by atoms with Crippen LogP contribution in [0.4, 0.5) is 0 Å². The molecule has 0 fully saturated rings. The monoisotopic (exact) mass is 174 g/mol. The molecule has 0 saturated carbocycles. The molecule has 0 bridgehead atoms. The average Bonchev–Trinajstić information content (AvgIpc) is 1.85. The molecule has 4 nitrogen and oxygen atoms in total. The second kappa shape index (κ2) is 5.11. The Morgan fingerprint density at radius 3 is 2.58 bits per heavy atom. The SMILES string of the molecule is CC(C)(CCO)NC(=O)CCN. The van der Waals surface area contributed by atoms with E-state index < -0.39 is 0 Å². The van der Waals surface area contributed by atoms with E-state index in [9.17, 15) is 4.79 Å². The molecule has 0 atom stereocenters. The molecule has 0 radical (unpaired) electrons. The summed E-state index contributed by atoms with van der Waals surface area (Å²) in [6, 6.07) is 0. The molecule has 0 unspecified atom stereocenters. The molecule has 0 aromatic heterocycles. The van der Waals surface area contributed by atoms with Crippen LogP contribution in [-0.4, -0.2) is 29.7 Å². The van der Waals surface area contributed by atoms with Crippen LogP contribution in [0.15, 0.2) is 0 Å². The molecule has 72 valence electrons. The summed E-state index contributed by atoms with van der Waals surface area (Å²) in [5.74, 6) is -0.0593. The van der Waals surface area contributed by atoms with Gasteiger partial charge in [-0.15, -0.1) is 0 Å². The van der Waals surface area contributed by atoms with Crippen LogP contribution in [0.1, 0.15) is 26.7 Å². The first-order valence-corrected chi connectivity index (χ1v) is 4.14. The molecule has 0 rings (SSSR count). The maximum absolute atomic E-state index is 11.1. The third kappa shape index (κ3) is 5.09. The number of carbonyl (C=O) groups is 1. The Bertz CT molecular complexity index is 146. The van der Waals surface area contributed by atoms with Gasteiger partial charge in [0, 0.05) is 25.1 Å². The first-order valence-electron chi connectivity index (χ1n) is 4.14. The van der Waals surface area contributed by atoms with Crippen LogP contribution in [0.2, 0.25) is 0 Å². The molecule has 0 spiro atoms. The van der Waals surface area contributed by atoms with Crippen molar-refractivity contribution < 1.29 is 9.90 Å². The summed E-state index contributed by atoms with van der Waals surface area (Å²) in [6.45, 7) is 4.19. The summed E-state index contributed by atoms with van der Waals surface area (Å²) in [7, 11) is 0. The zero-order chi connectivity index (χ0) is 9.61. The molecule has 0 aliphatic rings. The van der Waals surface area contributed by atoms with Gasteiger partial charge < -0.3 is 16.2 Å². The molecule has 0 aliphatic heterocycles. The van der Waals surface area contributed by atoms with Gasteiger partial charge >= 0.3 is 0 Å². The van der Waals surface area contributed by atoms with Gasteiger partial charge in [-0.05, 0) is 20.3 Å². The van der Waals surface area contributed by atoms with E-state index in [1.165, 1.54) is 0 Å². The van der Waals surface area contributed by atoms with Gasteiger partial charge in [-0.3, -0.25) is 4.79 Å². The van der Waals surface area contributed by atoms with Crippen molar-refractivity contribution >= 4 is 5.91 Å². The van der Waals surface area contributed by atoms with Crippen molar-refractivity contribution in [2.75, 3.05) is 13.2 Å². The summed E-state index contributed by atoms with van der Waals surface area (Å²) in [5.41, 5.74) is 4.88. The van der Waals surface area contributed by atoms with E-state index in [2.05, 4.69) is 5.32 Å². The summed E-state index contributed by atoms with van der Waals surface area (Å²) < 4.78 is 0. The lowest BCUT2D eigenvalue weighted by Gasteiger charge is -2.25. The Morgan fingerprint density at radius 1 is 1.58 bits per heavy atom. The number of nitrogens with one attached hydrogen (secondary N) is 1. The molecule has 4 N–H and O–H groups in total. The van der Waals surface area contributed by atoms with E-state index >= 15 is 0 Å². The number of amides is 1. The van der Waals surface area contributed by atoms with Crippen LogP contribution in [0.5, 0.6) is 0 Å². The van der Waals surface area contributed by atoms with Crippen molar-refractivity contribution in [2.45, 2.75) is 32.2 Å². The Balaban J connectivity index is 3.79. The highest BCUT2D eigenvalue weighted by atomic mass is 16.3. The topological polar surface area (TPSA) is 75.3 Å². The van der Waals surface area contributed by atoms with Gasteiger partial charge in [0.05, 0.1) is 0 Å². The van der Waals surface area contributed by atoms with Crippen molar-refractivity contribution in [1.29, 1.82) is 0 Å². The number of aliphatic hydroxyl groups is 1. The molecule has 0 aromatic carbocycles. The Hall–Kier alpha value is -0.610. The highest BCUT2D eigenvalue weighted by molar-refractivity contribution is 5.76. The zero-order valence-corrected chi connectivity index (χ0v) is 7.76. The molecular formula is C8H18N2O2. The highest BCUT2D eigenvalue weighted by Crippen LogP contribution is 2.06. The third-order valence-electron chi connectivity index (χ3n) is 1.59.